The Bertz CT molecular complexity index is 942. The van der Waals surface area contributed by atoms with Crippen LogP contribution in [0, 0.1) is 0 Å². The van der Waals surface area contributed by atoms with E-state index in [-0.39, 0.29) is 12.5 Å². The lowest BCUT2D eigenvalue weighted by atomic mass is 10.0. The number of pyridine rings is 1. The molecule has 0 amide bonds. The molecule has 1 atom stereocenters. The highest BCUT2D eigenvalue weighted by molar-refractivity contribution is 5.66. The fourth-order valence-electron chi connectivity index (χ4n) is 3.51. The maximum Gasteiger partial charge on any atom is 0.161 e. The number of hydrogen-bond acceptors (Lipinski definition) is 6. The number of rotatable bonds is 7. The molecule has 0 radical (unpaired) electrons. The van der Waals surface area contributed by atoms with Crippen LogP contribution in [0.5, 0.6) is 11.5 Å². The Balaban J connectivity index is 1.48. The van der Waals surface area contributed by atoms with Gasteiger partial charge in [-0.25, -0.2) is 0 Å². The highest BCUT2D eigenvalue weighted by atomic mass is 16.5. The molecule has 4 rings (SSSR count). The summed E-state index contributed by atoms with van der Waals surface area (Å²) in [7, 11) is 1.92. The van der Waals surface area contributed by atoms with Crippen molar-refractivity contribution in [2.75, 3.05) is 26.4 Å². The van der Waals surface area contributed by atoms with Gasteiger partial charge in [-0.3, -0.25) is 9.67 Å². The Labute approximate surface area is 170 Å². The minimum Gasteiger partial charge on any atom is -0.490 e. The van der Waals surface area contributed by atoms with Gasteiger partial charge in [-0.05, 0) is 29.8 Å². The summed E-state index contributed by atoms with van der Waals surface area (Å²) in [5, 5.41) is 17.8. The second-order valence-electron chi connectivity index (χ2n) is 7.19. The molecule has 0 saturated carbocycles. The summed E-state index contributed by atoms with van der Waals surface area (Å²) >= 11 is 0. The van der Waals surface area contributed by atoms with E-state index in [1.54, 1.807) is 12.4 Å². The standard InChI is InChI=1S/C22H26N4O3/c1-26-14-18(12-24-13-19(15-27)17-4-2-7-23-11-17)22(25-26)16-5-6-20-21(10-16)29-9-3-8-28-20/h2,4-7,10-11,14,19,24,27H,3,8-9,12-13,15H2,1H3. The van der Waals surface area contributed by atoms with Crippen molar-refractivity contribution in [2.45, 2.75) is 18.9 Å². The number of nitrogens with zero attached hydrogens (tertiary/aromatic N) is 3. The molecule has 7 heteroatoms. The molecule has 7 nitrogen and oxygen atoms in total. The van der Waals surface area contributed by atoms with Crippen LogP contribution in [0.1, 0.15) is 23.5 Å². The Kier molecular flexibility index (Phi) is 6.07. The predicted octanol–water partition coefficient (Wildman–Crippen LogP) is 2.51. The fourth-order valence-corrected chi connectivity index (χ4v) is 3.51. The van der Waals surface area contributed by atoms with Crippen LogP contribution in [-0.4, -0.2) is 46.2 Å². The zero-order valence-electron chi connectivity index (χ0n) is 16.5. The van der Waals surface area contributed by atoms with Gasteiger partial charge < -0.3 is 19.9 Å². The van der Waals surface area contributed by atoms with Crippen LogP contribution in [-0.2, 0) is 13.6 Å². The summed E-state index contributed by atoms with van der Waals surface area (Å²) in [5.74, 6) is 1.55. The molecule has 0 bridgehead atoms. The Morgan fingerprint density at radius 3 is 2.86 bits per heavy atom. The minimum atomic E-state index is 0.00173. The van der Waals surface area contributed by atoms with Crippen LogP contribution in [0.4, 0.5) is 0 Å². The van der Waals surface area contributed by atoms with Crippen molar-refractivity contribution in [3.63, 3.8) is 0 Å². The van der Waals surface area contributed by atoms with Crippen molar-refractivity contribution in [3.05, 3.63) is 60.0 Å². The molecule has 3 heterocycles. The number of hydrogen-bond donors (Lipinski definition) is 2. The second-order valence-corrected chi connectivity index (χ2v) is 7.19. The molecule has 0 fully saturated rings. The molecule has 2 aromatic heterocycles. The summed E-state index contributed by atoms with van der Waals surface area (Å²) in [6.07, 6.45) is 6.44. The van der Waals surface area contributed by atoms with E-state index in [2.05, 4.69) is 15.4 Å². The summed E-state index contributed by atoms with van der Waals surface area (Å²) in [4.78, 5) is 4.14. The number of aliphatic hydroxyl groups is 1. The van der Waals surface area contributed by atoms with Gasteiger partial charge >= 0.3 is 0 Å². The Morgan fingerprint density at radius 1 is 1.21 bits per heavy atom. The molecule has 0 aliphatic carbocycles. The van der Waals surface area contributed by atoms with Gasteiger partial charge in [0.15, 0.2) is 11.5 Å². The van der Waals surface area contributed by atoms with Crippen molar-refractivity contribution < 1.29 is 14.6 Å². The number of benzene rings is 1. The van der Waals surface area contributed by atoms with Crippen molar-refractivity contribution in [3.8, 4) is 22.8 Å². The molecule has 3 aromatic rings. The smallest absolute Gasteiger partial charge is 0.161 e. The van der Waals surface area contributed by atoms with Gasteiger partial charge in [-0.1, -0.05) is 6.07 Å². The molecule has 1 aliphatic heterocycles. The van der Waals surface area contributed by atoms with Crippen LogP contribution in [0.15, 0.2) is 48.9 Å². The Hall–Kier alpha value is -2.90. The normalized spacial score (nSPS) is 14.4. The van der Waals surface area contributed by atoms with E-state index in [0.717, 1.165) is 40.3 Å². The number of aliphatic hydroxyl groups excluding tert-OH is 1. The maximum absolute atomic E-state index is 9.74. The second kappa shape index (κ2) is 9.07. The van der Waals surface area contributed by atoms with Crippen LogP contribution in [0.3, 0.4) is 0 Å². The Morgan fingerprint density at radius 2 is 2.07 bits per heavy atom. The first-order chi connectivity index (χ1) is 14.2. The van der Waals surface area contributed by atoms with E-state index in [4.69, 9.17) is 9.47 Å². The van der Waals surface area contributed by atoms with E-state index in [0.29, 0.717) is 26.3 Å². The van der Waals surface area contributed by atoms with Gasteiger partial charge in [-0.15, -0.1) is 0 Å². The first-order valence-corrected chi connectivity index (χ1v) is 9.88. The van der Waals surface area contributed by atoms with Crippen LogP contribution in [0.2, 0.25) is 0 Å². The lowest BCUT2D eigenvalue weighted by Gasteiger charge is -2.15. The number of aromatic nitrogens is 3. The van der Waals surface area contributed by atoms with E-state index >= 15 is 0 Å². The first-order valence-electron chi connectivity index (χ1n) is 9.88. The van der Waals surface area contributed by atoms with Crippen molar-refractivity contribution in [1.82, 2.24) is 20.1 Å². The van der Waals surface area contributed by atoms with Crippen LogP contribution < -0.4 is 14.8 Å². The van der Waals surface area contributed by atoms with Crippen molar-refractivity contribution >= 4 is 0 Å². The lowest BCUT2D eigenvalue weighted by Crippen LogP contribution is -2.23. The van der Waals surface area contributed by atoms with E-state index in [9.17, 15) is 5.11 Å². The third-order valence-electron chi connectivity index (χ3n) is 5.01. The topological polar surface area (TPSA) is 81.4 Å². The molecular formula is C22H26N4O3. The molecule has 1 aromatic carbocycles. The van der Waals surface area contributed by atoms with Crippen LogP contribution >= 0.6 is 0 Å². The lowest BCUT2D eigenvalue weighted by molar-refractivity contribution is 0.261. The molecule has 2 N–H and O–H groups in total. The van der Waals surface area contributed by atoms with Gasteiger partial charge in [0, 0.05) is 62.2 Å². The summed E-state index contributed by atoms with van der Waals surface area (Å²) in [6.45, 7) is 2.70. The van der Waals surface area contributed by atoms with Crippen molar-refractivity contribution in [1.29, 1.82) is 0 Å². The predicted molar refractivity (Wildman–Crippen MR) is 110 cm³/mol. The first kappa shape index (κ1) is 19.4. The maximum atomic E-state index is 9.74. The summed E-state index contributed by atoms with van der Waals surface area (Å²) < 4.78 is 13.4. The SMILES string of the molecule is Cn1cc(CNCC(CO)c2cccnc2)c(-c2ccc3c(c2)OCCCO3)n1. The number of ether oxygens (including phenoxy) is 2. The van der Waals surface area contributed by atoms with E-state index < -0.39 is 0 Å². The number of aryl methyl sites for hydroxylation is 1. The van der Waals surface area contributed by atoms with Gasteiger partial charge in [0.05, 0.1) is 25.5 Å². The average molecular weight is 394 g/mol. The van der Waals surface area contributed by atoms with Crippen LogP contribution in [0.25, 0.3) is 11.3 Å². The van der Waals surface area contributed by atoms with Gasteiger partial charge in [0.2, 0.25) is 0 Å². The largest absolute Gasteiger partial charge is 0.490 e. The fraction of sp³-hybridized carbons (Fsp3) is 0.364. The molecular weight excluding hydrogens is 368 g/mol. The van der Waals surface area contributed by atoms with Crippen molar-refractivity contribution in [2.24, 2.45) is 7.05 Å². The van der Waals surface area contributed by atoms with Gasteiger partial charge in [0.25, 0.3) is 0 Å². The zero-order chi connectivity index (χ0) is 20.1. The average Bonchev–Trinajstić information content (AvgIpc) is 2.96. The van der Waals surface area contributed by atoms with Gasteiger partial charge in [0.1, 0.15) is 0 Å². The molecule has 1 unspecified atom stereocenters. The summed E-state index contributed by atoms with van der Waals surface area (Å²) in [6, 6.07) is 9.85. The van der Waals surface area contributed by atoms with Gasteiger partial charge in [-0.2, -0.15) is 5.10 Å². The quantitative estimate of drug-likeness (QED) is 0.641. The summed E-state index contributed by atoms with van der Waals surface area (Å²) in [5.41, 5.74) is 4.02. The molecule has 29 heavy (non-hydrogen) atoms. The molecule has 152 valence electrons. The van der Waals surface area contributed by atoms with E-state index in [1.165, 1.54) is 0 Å². The third-order valence-corrected chi connectivity index (χ3v) is 5.01. The number of nitrogens with one attached hydrogen (secondary N) is 1. The highest BCUT2D eigenvalue weighted by Gasteiger charge is 2.16. The molecule has 1 aliphatic rings. The van der Waals surface area contributed by atoms with E-state index in [1.807, 2.05) is 48.3 Å². The third kappa shape index (κ3) is 4.58. The minimum absolute atomic E-state index is 0.00173. The zero-order valence-corrected chi connectivity index (χ0v) is 16.5. The highest BCUT2D eigenvalue weighted by Crippen LogP contribution is 2.34. The molecule has 0 saturated heterocycles. The molecule has 0 spiro atoms. The number of fused-ring (bicyclic) bond motifs is 1. The monoisotopic (exact) mass is 394 g/mol.